The van der Waals surface area contributed by atoms with E-state index < -0.39 is 122 Å². The van der Waals surface area contributed by atoms with Crippen LogP contribution in [-0.2, 0) is 37.9 Å². The molecule has 18 nitrogen and oxygen atoms in total. The predicted octanol–water partition coefficient (Wildman–Crippen LogP) is -0.528. The van der Waals surface area contributed by atoms with Crippen LogP contribution in [-0.4, -0.2) is 186 Å². The van der Waals surface area contributed by atoms with E-state index in [0.29, 0.717) is 37.5 Å². The summed E-state index contributed by atoms with van der Waals surface area (Å²) in [5, 5.41) is 109. The van der Waals surface area contributed by atoms with Crippen LogP contribution in [0.25, 0.3) is 0 Å². The van der Waals surface area contributed by atoms with E-state index >= 15 is 0 Å². The van der Waals surface area contributed by atoms with Crippen LogP contribution in [0.2, 0.25) is 0 Å². The van der Waals surface area contributed by atoms with E-state index in [0.717, 1.165) is 32.1 Å². The molecule has 360 valence electrons. The molecule has 5 saturated heterocycles. The van der Waals surface area contributed by atoms with Crippen molar-refractivity contribution in [3.05, 3.63) is 11.6 Å². The molecule has 0 aromatic heterocycles. The molecule has 0 aromatic carbocycles. The number of hydrogen-bond donors (Lipinski definition) is 10. The lowest BCUT2D eigenvalue weighted by Crippen LogP contribution is -2.66. The second kappa shape index (κ2) is 16.6. The highest BCUT2D eigenvalue weighted by molar-refractivity contribution is 5.29. The van der Waals surface area contributed by atoms with Gasteiger partial charge < -0.3 is 89.0 Å². The number of rotatable bonds is 7. The predicted molar refractivity (Wildman–Crippen MR) is 216 cm³/mol. The monoisotopic (exact) mass is 900 g/mol. The van der Waals surface area contributed by atoms with Gasteiger partial charge in [-0.1, -0.05) is 32.4 Å². The fourth-order valence-electron chi connectivity index (χ4n) is 13.9. The lowest BCUT2D eigenvalue weighted by atomic mass is 9.46. The van der Waals surface area contributed by atoms with Gasteiger partial charge in [0.1, 0.15) is 66.6 Å². The highest BCUT2D eigenvalue weighted by Crippen LogP contribution is 2.72. The number of aliphatic hydroxyl groups excluding tert-OH is 8. The molecule has 26 atom stereocenters. The molecule has 5 aliphatic heterocycles. The van der Waals surface area contributed by atoms with Crippen LogP contribution in [0.3, 0.4) is 0 Å². The first-order valence-electron chi connectivity index (χ1n) is 23.3. The molecular weight excluding hydrogens is 828 g/mol. The maximum absolute atomic E-state index is 12.8. The Balaban J connectivity index is 0.922. The van der Waals surface area contributed by atoms with Crippen molar-refractivity contribution in [3.63, 3.8) is 0 Å². The molecular formula is C45H72O18. The van der Waals surface area contributed by atoms with Gasteiger partial charge in [-0.05, 0) is 95.3 Å². The lowest BCUT2D eigenvalue weighted by molar-refractivity contribution is -0.388. The summed E-state index contributed by atoms with van der Waals surface area (Å²) in [5.74, 6) is -0.245. The molecule has 9 rings (SSSR count). The fraction of sp³-hybridized carbons (Fsp3) is 0.956. The maximum Gasteiger partial charge on any atom is 0.187 e. The van der Waals surface area contributed by atoms with Crippen LogP contribution in [0.4, 0.5) is 0 Å². The highest BCUT2D eigenvalue weighted by Gasteiger charge is 2.76. The van der Waals surface area contributed by atoms with Crippen molar-refractivity contribution in [3.8, 4) is 0 Å². The topological polar surface area (TPSA) is 276 Å². The van der Waals surface area contributed by atoms with Gasteiger partial charge in [0.05, 0.1) is 43.2 Å². The van der Waals surface area contributed by atoms with Crippen molar-refractivity contribution < 1.29 is 89.0 Å². The van der Waals surface area contributed by atoms with Crippen LogP contribution < -0.4 is 0 Å². The van der Waals surface area contributed by atoms with Gasteiger partial charge in [-0.3, -0.25) is 0 Å². The van der Waals surface area contributed by atoms with Crippen LogP contribution in [0.1, 0.15) is 99.3 Å². The van der Waals surface area contributed by atoms with Crippen LogP contribution >= 0.6 is 0 Å². The standard InChI is InChI=1S/C45H72O18/c1-19-29(47)31(49)33(51)38(57-19)61-36-27(17-46)60-40(37(35(36)53)62-39-34(52)32(50)30(48)20(2)58-39)59-23-9-11-42(5)22(15-23)7-8-24-25(42)10-12-43(6)26(24)16-28-45(43,55)21(3)44(63-28)14-13-41(4,54)18-56-44/h7,19-21,23-40,46-55H,8-18H2,1-6H3/t19-,20-,21+,23-,24+,25-,26+,27+,28-,29-,30-,31+,32+,33+,34+,35-,36+,37+,38+,39+,40+,41-,42-,43-,44+,45+/m0/s1. The summed E-state index contributed by atoms with van der Waals surface area (Å²) in [7, 11) is 0. The zero-order valence-corrected chi connectivity index (χ0v) is 37.2. The van der Waals surface area contributed by atoms with Gasteiger partial charge in [-0.25, -0.2) is 0 Å². The molecule has 0 bridgehead atoms. The number of fused-ring (bicyclic) bond motifs is 7. The Bertz CT molecular complexity index is 1690. The van der Waals surface area contributed by atoms with Crippen molar-refractivity contribution in [1.29, 1.82) is 0 Å². The van der Waals surface area contributed by atoms with Crippen molar-refractivity contribution in [2.45, 2.75) is 221 Å². The maximum atomic E-state index is 12.8. The summed E-state index contributed by atoms with van der Waals surface area (Å²) in [6.07, 6.45) is -13.9. The third kappa shape index (κ3) is 7.35. The molecule has 4 aliphatic carbocycles. The zero-order valence-electron chi connectivity index (χ0n) is 37.2. The molecule has 3 saturated carbocycles. The van der Waals surface area contributed by atoms with Gasteiger partial charge in [0.25, 0.3) is 0 Å². The minimum Gasteiger partial charge on any atom is -0.394 e. The second-order valence-corrected chi connectivity index (χ2v) is 21.5. The Morgan fingerprint density at radius 3 is 1.92 bits per heavy atom. The van der Waals surface area contributed by atoms with Gasteiger partial charge >= 0.3 is 0 Å². The minimum atomic E-state index is -1.73. The van der Waals surface area contributed by atoms with E-state index in [2.05, 4.69) is 26.8 Å². The summed E-state index contributed by atoms with van der Waals surface area (Å²) in [5.41, 5.74) is -1.25. The van der Waals surface area contributed by atoms with Crippen molar-refractivity contribution in [2.24, 2.45) is 34.5 Å². The summed E-state index contributed by atoms with van der Waals surface area (Å²) in [6, 6.07) is 0. The quantitative estimate of drug-likeness (QED) is 0.144. The SMILES string of the molecule is C[C@@H]1O[C@H](O[C@H]2[C@H](O[C@H]3CC[C@@]4(C)C(=CC[C@H]5[C@H]6C[C@@H]7O[C@]8(CC[C@](C)(O)CO8)[C@@H](C)[C@]7(O)[C@@]6(C)CC[C@@H]54)C3)O[C@H](CO)[C@@H](O[C@H]3O[C@@H](C)[C@H](O)[C@@H](O)[C@H]3O)[C@@H]2O)[C@H](O)[C@H](O)[C@H]1O. The van der Waals surface area contributed by atoms with Gasteiger partial charge in [-0.15, -0.1) is 0 Å². The van der Waals surface area contributed by atoms with Crippen LogP contribution in [0.15, 0.2) is 11.6 Å². The fourth-order valence-corrected chi connectivity index (χ4v) is 13.9. The molecule has 9 aliphatic rings. The first-order valence-corrected chi connectivity index (χ1v) is 23.3. The molecule has 18 heteroatoms. The van der Waals surface area contributed by atoms with Gasteiger partial charge in [0.15, 0.2) is 24.7 Å². The largest absolute Gasteiger partial charge is 0.394 e. The first-order chi connectivity index (χ1) is 29.6. The Morgan fingerprint density at radius 2 is 1.32 bits per heavy atom. The highest BCUT2D eigenvalue weighted by atomic mass is 16.8. The molecule has 0 aromatic rings. The first kappa shape index (κ1) is 47.1. The lowest BCUT2D eigenvalue weighted by Gasteiger charge is -2.60. The van der Waals surface area contributed by atoms with Crippen molar-refractivity contribution >= 4 is 0 Å². The van der Waals surface area contributed by atoms with Gasteiger partial charge in [0.2, 0.25) is 0 Å². The van der Waals surface area contributed by atoms with E-state index in [-0.39, 0.29) is 35.4 Å². The van der Waals surface area contributed by atoms with Gasteiger partial charge in [0, 0.05) is 17.8 Å². The molecule has 1 spiro atoms. The number of ether oxygens (including phenoxy) is 8. The van der Waals surface area contributed by atoms with E-state index in [1.807, 2.05) is 0 Å². The Hall–Kier alpha value is -0.980. The zero-order chi connectivity index (χ0) is 45.3. The molecule has 5 heterocycles. The summed E-state index contributed by atoms with van der Waals surface area (Å²) >= 11 is 0. The molecule has 8 fully saturated rings. The summed E-state index contributed by atoms with van der Waals surface area (Å²) in [6.45, 7) is 10.9. The van der Waals surface area contributed by atoms with Crippen LogP contribution in [0.5, 0.6) is 0 Å². The molecule has 63 heavy (non-hydrogen) atoms. The van der Waals surface area contributed by atoms with E-state index in [1.54, 1.807) is 6.92 Å². The third-order valence-electron chi connectivity index (χ3n) is 17.9. The third-order valence-corrected chi connectivity index (χ3v) is 17.9. The summed E-state index contributed by atoms with van der Waals surface area (Å²) < 4.78 is 49.6. The number of aliphatic hydroxyl groups is 10. The Labute approximate surface area is 368 Å². The normalized spacial score (nSPS) is 59.3. The molecule has 0 radical (unpaired) electrons. The van der Waals surface area contributed by atoms with Crippen molar-refractivity contribution in [1.82, 2.24) is 0 Å². The minimum absolute atomic E-state index is 0.144. The average molecular weight is 901 g/mol. The van der Waals surface area contributed by atoms with E-state index in [9.17, 15) is 51.1 Å². The Kier molecular flexibility index (Phi) is 12.4. The average Bonchev–Trinajstić information content (AvgIpc) is 3.61. The molecule has 0 unspecified atom stereocenters. The van der Waals surface area contributed by atoms with Crippen LogP contribution in [0, 0.1) is 34.5 Å². The smallest absolute Gasteiger partial charge is 0.187 e. The second-order valence-electron chi connectivity index (χ2n) is 21.5. The molecule has 10 N–H and O–H groups in total. The van der Waals surface area contributed by atoms with E-state index in [4.69, 9.17) is 37.9 Å². The number of hydrogen-bond acceptors (Lipinski definition) is 18. The van der Waals surface area contributed by atoms with Crippen molar-refractivity contribution in [2.75, 3.05) is 13.2 Å². The van der Waals surface area contributed by atoms with Gasteiger partial charge in [-0.2, -0.15) is 0 Å². The number of allylic oxidation sites excluding steroid dienone is 1. The Morgan fingerprint density at radius 1 is 0.683 bits per heavy atom. The summed E-state index contributed by atoms with van der Waals surface area (Å²) in [4.78, 5) is 0. The molecule has 0 amide bonds. The van der Waals surface area contributed by atoms with E-state index in [1.165, 1.54) is 19.4 Å².